The number of nitrogens with two attached hydrogens (primary N) is 1. The van der Waals surface area contributed by atoms with Crippen molar-refractivity contribution < 1.29 is 13.9 Å². The maximum atomic E-state index is 13.7. The zero-order valence-corrected chi connectivity index (χ0v) is 13.7. The third-order valence-corrected chi connectivity index (χ3v) is 3.67. The summed E-state index contributed by atoms with van der Waals surface area (Å²) in [4.78, 5) is 4.29. The first-order valence-electron chi connectivity index (χ1n) is 7.68. The highest BCUT2D eigenvalue weighted by Crippen LogP contribution is 2.29. The topological polar surface area (TPSA) is 68.9 Å². The van der Waals surface area contributed by atoms with E-state index in [-0.39, 0.29) is 25.1 Å². The number of guanidine groups is 1. The average Bonchev–Trinajstić information content (AvgIpc) is 2.51. The number of halogens is 1. The van der Waals surface area contributed by atoms with Gasteiger partial charge in [-0.25, -0.2) is 9.38 Å². The Morgan fingerprint density at radius 2 is 1.96 bits per heavy atom. The normalized spacial score (nSPS) is 14.0. The highest BCUT2D eigenvalue weighted by atomic mass is 19.1. The van der Waals surface area contributed by atoms with E-state index in [1.807, 2.05) is 26.0 Å². The number of benzene rings is 2. The molecule has 0 saturated carbocycles. The first-order chi connectivity index (χ1) is 11.5. The van der Waals surface area contributed by atoms with Gasteiger partial charge in [0.15, 0.2) is 12.8 Å². The molecular formula is C18H20FN3O2. The van der Waals surface area contributed by atoms with Crippen molar-refractivity contribution in [3.63, 3.8) is 0 Å². The van der Waals surface area contributed by atoms with Gasteiger partial charge in [-0.3, -0.25) is 0 Å². The Morgan fingerprint density at radius 3 is 2.71 bits per heavy atom. The van der Waals surface area contributed by atoms with Crippen molar-refractivity contribution in [1.29, 1.82) is 0 Å². The molecule has 0 aliphatic carbocycles. The van der Waals surface area contributed by atoms with Crippen LogP contribution in [0.5, 0.6) is 5.75 Å². The van der Waals surface area contributed by atoms with Crippen LogP contribution in [0.15, 0.2) is 35.3 Å². The van der Waals surface area contributed by atoms with Crippen molar-refractivity contribution in [3.8, 4) is 5.75 Å². The van der Waals surface area contributed by atoms with E-state index in [2.05, 4.69) is 16.4 Å². The molecule has 0 aromatic heterocycles. The second-order valence-corrected chi connectivity index (χ2v) is 5.87. The molecule has 3 rings (SSSR count). The molecule has 6 heteroatoms. The van der Waals surface area contributed by atoms with Crippen molar-refractivity contribution in [2.24, 2.45) is 10.7 Å². The molecule has 0 amide bonds. The first kappa shape index (κ1) is 16.3. The number of fused-ring (bicyclic) bond motifs is 1. The summed E-state index contributed by atoms with van der Waals surface area (Å²) in [5, 5.41) is 3.06. The third kappa shape index (κ3) is 3.83. The van der Waals surface area contributed by atoms with Crippen LogP contribution < -0.4 is 15.8 Å². The molecule has 3 N–H and O–H groups in total. The van der Waals surface area contributed by atoms with Gasteiger partial charge in [-0.05, 0) is 49.2 Å². The number of nitrogens with one attached hydrogen (secondary N) is 1. The molecule has 2 aromatic carbocycles. The highest BCUT2D eigenvalue weighted by molar-refractivity contribution is 5.92. The molecule has 2 aromatic rings. The number of nitrogens with zero attached hydrogens (tertiary/aromatic N) is 1. The van der Waals surface area contributed by atoms with Gasteiger partial charge in [-0.1, -0.05) is 6.07 Å². The Balaban J connectivity index is 1.76. The van der Waals surface area contributed by atoms with E-state index in [0.717, 1.165) is 16.8 Å². The molecule has 5 nitrogen and oxygen atoms in total. The fraction of sp³-hybridized carbons (Fsp3) is 0.278. The predicted octanol–water partition coefficient (Wildman–Crippen LogP) is 3.24. The summed E-state index contributed by atoms with van der Waals surface area (Å²) in [5.41, 5.74) is 10.4. The van der Waals surface area contributed by atoms with Crippen LogP contribution in [0, 0.1) is 19.7 Å². The van der Waals surface area contributed by atoms with Gasteiger partial charge in [0.1, 0.15) is 11.6 Å². The Kier molecular flexibility index (Phi) is 4.66. The molecule has 0 saturated heterocycles. The minimum atomic E-state index is -0.339. The van der Waals surface area contributed by atoms with Crippen LogP contribution in [-0.2, 0) is 17.9 Å². The van der Waals surface area contributed by atoms with Crippen molar-refractivity contribution in [2.75, 3.05) is 12.1 Å². The molecule has 1 heterocycles. The zero-order valence-electron chi connectivity index (χ0n) is 13.7. The lowest BCUT2D eigenvalue weighted by molar-refractivity contribution is -0.0172. The summed E-state index contributed by atoms with van der Waals surface area (Å²) >= 11 is 0. The molecular weight excluding hydrogens is 309 g/mol. The second-order valence-electron chi connectivity index (χ2n) is 5.87. The van der Waals surface area contributed by atoms with Crippen LogP contribution in [0.3, 0.4) is 0 Å². The minimum absolute atomic E-state index is 0.158. The standard InChI is InChI=1S/C18H20FN3O2/c1-11-3-12(2)5-16(4-11)22-18(20)21-8-13-6-15(19)7-14-9-23-10-24-17(13)14/h3-7H,8-10H2,1-2H3,(H3,20,21,22). The molecule has 0 bridgehead atoms. The van der Waals surface area contributed by atoms with Crippen LogP contribution in [0.25, 0.3) is 0 Å². The molecule has 0 spiro atoms. The zero-order chi connectivity index (χ0) is 17.1. The summed E-state index contributed by atoms with van der Waals surface area (Å²) in [6, 6.07) is 8.88. The second kappa shape index (κ2) is 6.88. The number of rotatable bonds is 3. The Morgan fingerprint density at radius 1 is 1.21 bits per heavy atom. The quantitative estimate of drug-likeness (QED) is 0.670. The third-order valence-electron chi connectivity index (χ3n) is 3.67. The van der Waals surface area contributed by atoms with Crippen molar-refractivity contribution >= 4 is 11.6 Å². The van der Waals surface area contributed by atoms with Crippen molar-refractivity contribution in [3.05, 3.63) is 58.4 Å². The van der Waals surface area contributed by atoms with E-state index in [1.54, 1.807) is 0 Å². The first-order valence-corrected chi connectivity index (χ1v) is 7.68. The number of hydrogen-bond donors (Lipinski definition) is 2. The Hall–Kier alpha value is -2.60. The number of hydrogen-bond acceptors (Lipinski definition) is 3. The van der Waals surface area contributed by atoms with Gasteiger partial charge in [0.05, 0.1) is 13.2 Å². The average molecular weight is 329 g/mol. The molecule has 0 radical (unpaired) electrons. The molecule has 0 atom stereocenters. The Labute approximate surface area is 140 Å². The van der Waals surface area contributed by atoms with Gasteiger partial charge in [0.2, 0.25) is 0 Å². The Bertz CT molecular complexity index is 770. The number of aliphatic imine (C=N–C) groups is 1. The van der Waals surface area contributed by atoms with Gasteiger partial charge in [-0.15, -0.1) is 0 Å². The van der Waals surface area contributed by atoms with Crippen LogP contribution in [0.4, 0.5) is 10.1 Å². The molecule has 1 aliphatic heterocycles. The summed E-state index contributed by atoms with van der Waals surface area (Å²) < 4.78 is 24.4. The van der Waals surface area contributed by atoms with Gasteiger partial charge in [0.25, 0.3) is 0 Å². The summed E-state index contributed by atoms with van der Waals surface area (Å²) in [6.07, 6.45) is 0. The fourth-order valence-electron chi connectivity index (χ4n) is 2.78. The van der Waals surface area contributed by atoms with E-state index < -0.39 is 0 Å². The van der Waals surface area contributed by atoms with Gasteiger partial charge >= 0.3 is 0 Å². The van der Waals surface area contributed by atoms with E-state index in [4.69, 9.17) is 15.2 Å². The maximum Gasteiger partial charge on any atom is 0.193 e. The smallest absolute Gasteiger partial charge is 0.193 e. The van der Waals surface area contributed by atoms with E-state index in [9.17, 15) is 4.39 Å². The largest absolute Gasteiger partial charge is 0.467 e. The van der Waals surface area contributed by atoms with E-state index >= 15 is 0 Å². The lowest BCUT2D eigenvalue weighted by Crippen LogP contribution is -2.23. The SMILES string of the molecule is Cc1cc(C)cc(NC(N)=NCc2cc(F)cc3c2OCOC3)c1. The number of anilines is 1. The predicted molar refractivity (Wildman–Crippen MR) is 91.5 cm³/mol. The summed E-state index contributed by atoms with van der Waals surface area (Å²) in [7, 11) is 0. The molecule has 0 unspecified atom stereocenters. The molecule has 126 valence electrons. The van der Waals surface area contributed by atoms with Crippen LogP contribution >= 0.6 is 0 Å². The fourth-order valence-corrected chi connectivity index (χ4v) is 2.78. The van der Waals surface area contributed by atoms with E-state index in [1.165, 1.54) is 12.1 Å². The molecule has 24 heavy (non-hydrogen) atoms. The minimum Gasteiger partial charge on any atom is -0.467 e. The van der Waals surface area contributed by atoms with Gasteiger partial charge in [0, 0.05) is 16.8 Å². The molecule has 1 aliphatic rings. The summed E-state index contributed by atoms with van der Waals surface area (Å²) in [6.45, 7) is 4.75. The number of aryl methyl sites for hydroxylation is 2. The lowest BCUT2D eigenvalue weighted by Gasteiger charge is -2.20. The van der Waals surface area contributed by atoms with Crippen molar-refractivity contribution in [1.82, 2.24) is 0 Å². The monoisotopic (exact) mass is 329 g/mol. The van der Waals surface area contributed by atoms with Crippen LogP contribution in [0.1, 0.15) is 22.3 Å². The lowest BCUT2D eigenvalue weighted by atomic mass is 10.1. The van der Waals surface area contributed by atoms with E-state index in [0.29, 0.717) is 23.5 Å². The van der Waals surface area contributed by atoms with Crippen molar-refractivity contribution in [2.45, 2.75) is 27.0 Å². The highest BCUT2D eigenvalue weighted by Gasteiger charge is 2.16. The van der Waals surface area contributed by atoms with Gasteiger partial charge in [-0.2, -0.15) is 0 Å². The van der Waals surface area contributed by atoms with Crippen LogP contribution in [-0.4, -0.2) is 12.8 Å². The van der Waals surface area contributed by atoms with Gasteiger partial charge < -0.3 is 20.5 Å². The number of ether oxygens (including phenoxy) is 2. The maximum absolute atomic E-state index is 13.7. The van der Waals surface area contributed by atoms with Crippen LogP contribution in [0.2, 0.25) is 0 Å². The molecule has 0 fully saturated rings. The summed E-state index contributed by atoms with van der Waals surface area (Å²) in [5.74, 6) is 0.560.